The Kier molecular flexibility index (Phi) is 4.94. The Morgan fingerprint density at radius 1 is 1.24 bits per heavy atom. The van der Waals surface area contributed by atoms with Gasteiger partial charge in [0.25, 0.3) is 0 Å². The summed E-state index contributed by atoms with van der Waals surface area (Å²) >= 11 is 5.74. The van der Waals surface area contributed by atoms with E-state index in [1.807, 2.05) is 0 Å². The summed E-state index contributed by atoms with van der Waals surface area (Å²) in [5.41, 5.74) is 0.725. The quantitative estimate of drug-likeness (QED) is 0.888. The second-order valence-electron chi connectivity index (χ2n) is 4.31. The zero-order valence-electron chi connectivity index (χ0n) is 11.6. The molecule has 1 unspecified atom stereocenters. The molecule has 0 spiro atoms. The van der Waals surface area contributed by atoms with Gasteiger partial charge in [-0.2, -0.15) is 0 Å². The molecule has 1 amide bonds. The third-order valence-corrected chi connectivity index (χ3v) is 2.92. The zero-order chi connectivity index (χ0) is 15.2. The first kappa shape index (κ1) is 15.1. The minimum absolute atomic E-state index is 0.208. The van der Waals surface area contributed by atoms with Gasteiger partial charge in [-0.1, -0.05) is 11.6 Å². The lowest BCUT2D eigenvalue weighted by Gasteiger charge is -2.14. The highest BCUT2D eigenvalue weighted by molar-refractivity contribution is 6.30. The maximum Gasteiger partial charge on any atom is 0.247 e. The van der Waals surface area contributed by atoms with E-state index in [2.05, 4.69) is 20.6 Å². The average Bonchev–Trinajstić information content (AvgIpc) is 2.50. The van der Waals surface area contributed by atoms with Gasteiger partial charge in [0.2, 0.25) is 11.8 Å². The van der Waals surface area contributed by atoms with Gasteiger partial charge in [0.1, 0.15) is 11.9 Å². The molecular weight excluding hydrogens is 292 g/mol. The van der Waals surface area contributed by atoms with Gasteiger partial charge in [0.05, 0.1) is 24.0 Å². The number of amides is 1. The average molecular weight is 307 g/mol. The lowest BCUT2D eigenvalue weighted by Crippen LogP contribution is -2.32. The number of pyridine rings is 2. The number of hydrogen-bond donors (Lipinski definition) is 2. The van der Waals surface area contributed by atoms with Gasteiger partial charge >= 0.3 is 0 Å². The summed E-state index contributed by atoms with van der Waals surface area (Å²) in [5, 5.41) is 6.25. The normalized spacial score (nSPS) is 11.6. The van der Waals surface area contributed by atoms with Crippen LogP contribution in [0.15, 0.2) is 36.7 Å². The second kappa shape index (κ2) is 6.90. The maximum atomic E-state index is 12.0. The Hall–Kier alpha value is -2.34. The number of aromatic nitrogens is 2. The van der Waals surface area contributed by atoms with E-state index in [-0.39, 0.29) is 5.91 Å². The minimum Gasteiger partial charge on any atom is -0.481 e. The molecule has 21 heavy (non-hydrogen) atoms. The number of nitrogens with zero attached hydrogens (tertiary/aromatic N) is 2. The van der Waals surface area contributed by atoms with Gasteiger partial charge in [-0.3, -0.25) is 4.79 Å². The molecule has 2 rings (SSSR count). The molecule has 0 radical (unpaired) electrons. The van der Waals surface area contributed by atoms with Gasteiger partial charge in [-0.15, -0.1) is 0 Å². The van der Waals surface area contributed by atoms with E-state index < -0.39 is 6.04 Å². The third-order valence-electron chi connectivity index (χ3n) is 2.70. The van der Waals surface area contributed by atoms with E-state index in [0.29, 0.717) is 16.7 Å². The highest BCUT2D eigenvalue weighted by Crippen LogP contribution is 2.13. The van der Waals surface area contributed by atoms with Crippen molar-refractivity contribution in [1.29, 1.82) is 0 Å². The maximum absolute atomic E-state index is 12.0. The molecule has 0 fully saturated rings. The van der Waals surface area contributed by atoms with Crippen molar-refractivity contribution in [3.8, 4) is 5.88 Å². The summed E-state index contributed by atoms with van der Waals surface area (Å²) < 4.78 is 4.97. The van der Waals surface area contributed by atoms with Gasteiger partial charge in [-0.25, -0.2) is 9.97 Å². The molecule has 0 bridgehead atoms. The Morgan fingerprint density at radius 3 is 2.62 bits per heavy atom. The first-order valence-electron chi connectivity index (χ1n) is 6.27. The van der Waals surface area contributed by atoms with E-state index in [4.69, 9.17) is 16.3 Å². The molecule has 2 N–H and O–H groups in total. The van der Waals surface area contributed by atoms with Crippen molar-refractivity contribution in [2.24, 2.45) is 0 Å². The van der Waals surface area contributed by atoms with Gasteiger partial charge in [0.15, 0.2) is 0 Å². The largest absolute Gasteiger partial charge is 0.481 e. The Bertz CT molecular complexity index is 601. The van der Waals surface area contributed by atoms with Crippen molar-refractivity contribution >= 4 is 29.0 Å². The number of carbonyl (C=O) groups is 1. The van der Waals surface area contributed by atoms with Crippen LogP contribution in [0.4, 0.5) is 11.5 Å². The molecule has 1 atom stereocenters. The molecule has 2 aromatic rings. The molecule has 2 aromatic heterocycles. The molecule has 7 heteroatoms. The first-order chi connectivity index (χ1) is 10.1. The molecule has 0 aliphatic rings. The molecule has 0 saturated heterocycles. The summed E-state index contributed by atoms with van der Waals surface area (Å²) in [7, 11) is 1.55. The highest BCUT2D eigenvalue weighted by atomic mass is 35.5. The van der Waals surface area contributed by atoms with Crippen LogP contribution in [0.3, 0.4) is 0 Å². The fourth-order valence-corrected chi connectivity index (χ4v) is 1.70. The molecule has 0 saturated carbocycles. The number of methoxy groups -OCH3 is 1. The lowest BCUT2D eigenvalue weighted by atomic mass is 10.3. The van der Waals surface area contributed by atoms with E-state index in [9.17, 15) is 4.79 Å². The molecule has 0 aliphatic carbocycles. The molecule has 0 aliphatic heterocycles. The van der Waals surface area contributed by atoms with Crippen molar-refractivity contribution in [3.05, 3.63) is 41.7 Å². The van der Waals surface area contributed by atoms with Crippen molar-refractivity contribution in [3.63, 3.8) is 0 Å². The van der Waals surface area contributed by atoms with E-state index >= 15 is 0 Å². The number of nitrogens with one attached hydrogen (secondary N) is 2. The van der Waals surface area contributed by atoms with Gasteiger partial charge in [-0.05, 0) is 25.1 Å². The molecular formula is C14H15ClN4O2. The monoisotopic (exact) mass is 306 g/mol. The number of halogens is 1. The summed E-state index contributed by atoms with van der Waals surface area (Å²) in [6, 6.07) is 6.36. The Labute approximate surface area is 127 Å². The number of rotatable bonds is 5. The Morgan fingerprint density at radius 2 is 2.05 bits per heavy atom. The van der Waals surface area contributed by atoms with Crippen LogP contribution >= 0.6 is 11.6 Å². The summed E-state index contributed by atoms with van der Waals surface area (Å²) in [5.74, 6) is 0.759. The molecule has 110 valence electrons. The van der Waals surface area contributed by atoms with Crippen molar-refractivity contribution < 1.29 is 9.53 Å². The van der Waals surface area contributed by atoms with Crippen LogP contribution in [0.1, 0.15) is 6.92 Å². The van der Waals surface area contributed by atoms with Crippen LogP contribution in [0.25, 0.3) is 0 Å². The SMILES string of the molecule is COc1ccc(NC(C)C(=O)Nc2ccc(Cl)cn2)cn1. The van der Waals surface area contributed by atoms with Crippen LogP contribution in [0, 0.1) is 0 Å². The number of hydrogen-bond acceptors (Lipinski definition) is 5. The van der Waals surface area contributed by atoms with Gasteiger partial charge < -0.3 is 15.4 Å². The Balaban J connectivity index is 1.93. The third kappa shape index (κ3) is 4.32. The van der Waals surface area contributed by atoms with Crippen LogP contribution in [-0.4, -0.2) is 29.0 Å². The van der Waals surface area contributed by atoms with Crippen molar-refractivity contribution in [1.82, 2.24) is 9.97 Å². The predicted octanol–water partition coefficient (Wildman–Crippen LogP) is 2.58. The standard InChI is InChI=1S/C14H15ClN4O2/c1-9(18-11-4-6-13(21-2)17-8-11)14(20)19-12-5-3-10(15)7-16-12/h3-9,18H,1-2H3,(H,16,19,20). The highest BCUT2D eigenvalue weighted by Gasteiger charge is 2.13. The topological polar surface area (TPSA) is 76.1 Å². The van der Waals surface area contributed by atoms with Crippen LogP contribution in [0.2, 0.25) is 5.02 Å². The smallest absolute Gasteiger partial charge is 0.247 e. The summed E-state index contributed by atoms with van der Waals surface area (Å²) in [4.78, 5) is 20.1. The van der Waals surface area contributed by atoms with E-state index in [1.165, 1.54) is 6.20 Å². The summed E-state index contributed by atoms with van der Waals surface area (Å²) in [6.45, 7) is 1.75. The van der Waals surface area contributed by atoms with E-state index in [1.54, 1.807) is 44.5 Å². The predicted molar refractivity (Wildman–Crippen MR) is 81.8 cm³/mol. The first-order valence-corrected chi connectivity index (χ1v) is 6.65. The lowest BCUT2D eigenvalue weighted by molar-refractivity contribution is -0.116. The molecule has 2 heterocycles. The number of anilines is 2. The second-order valence-corrected chi connectivity index (χ2v) is 4.74. The zero-order valence-corrected chi connectivity index (χ0v) is 12.4. The van der Waals surface area contributed by atoms with E-state index in [0.717, 1.165) is 5.69 Å². The van der Waals surface area contributed by atoms with Crippen LogP contribution in [0.5, 0.6) is 5.88 Å². The molecule has 6 nitrogen and oxygen atoms in total. The minimum atomic E-state index is -0.447. The fraction of sp³-hybridized carbons (Fsp3) is 0.214. The van der Waals surface area contributed by atoms with Gasteiger partial charge in [0, 0.05) is 12.3 Å². The van der Waals surface area contributed by atoms with Crippen molar-refractivity contribution in [2.45, 2.75) is 13.0 Å². The van der Waals surface area contributed by atoms with Crippen molar-refractivity contribution in [2.75, 3.05) is 17.7 Å². The number of ether oxygens (including phenoxy) is 1. The van der Waals surface area contributed by atoms with Crippen LogP contribution in [-0.2, 0) is 4.79 Å². The molecule has 0 aromatic carbocycles. The fourth-order valence-electron chi connectivity index (χ4n) is 1.59. The van der Waals surface area contributed by atoms with Crippen LogP contribution < -0.4 is 15.4 Å². The number of carbonyl (C=O) groups excluding carboxylic acids is 1. The summed E-state index contributed by atoms with van der Waals surface area (Å²) in [6.07, 6.45) is 3.08.